The molecule has 0 bridgehead atoms. The van der Waals surface area contributed by atoms with Gasteiger partial charge in [0.2, 0.25) is 5.91 Å². The molecule has 0 saturated carbocycles. The molecule has 168 valence electrons. The normalized spacial score (nSPS) is 16.7. The Morgan fingerprint density at radius 2 is 1.69 bits per heavy atom. The van der Waals surface area contributed by atoms with Gasteiger partial charge in [-0.05, 0) is 62.3 Å². The van der Waals surface area contributed by atoms with Crippen LogP contribution in [-0.2, 0) is 14.8 Å². The number of benzene rings is 2. The lowest BCUT2D eigenvalue weighted by Gasteiger charge is -2.29. The average molecular weight is 456 g/mol. The SMILES string of the molecule is C#CCN1CCC(C(=O)Nc2ccc(NS(=O)(=O)c3ccc4c(c3)OCCO4)cc2)CC1. The lowest BCUT2D eigenvalue weighted by atomic mass is 9.96. The number of sulfonamides is 1. The minimum absolute atomic E-state index is 0.0324. The molecule has 1 saturated heterocycles. The lowest BCUT2D eigenvalue weighted by Crippen LogP contribution is -2.38. The van der Waals surface area contributed by atoms with Crippen molar-refractivity contribution in [2.24, 2.45) is 5.92 Å². The summed E-state index contributed by atoms with van der Waals surface area (Å²) in [4.78, 5) is 14.8. The molecule has 2 aliphatic heterocycles. The number of ether oxygens (including phenoxy) is 2. The summed E-state index contributed by atoms with van der Waals surface area (Å²) in [6.07, 6.45) is 6.87. The molecule has 0 aliphatic carbocycles. The molecule has 0 aromatic heterocycles. The van der Waals surface area contributed by atoms with Crippen LogP contribution < -0.4 is 19.5 Å². The molecule has 2 aromatic carbocycles. The first-order valence-corrected chi connectivity index (χ1v) is 11.9. The first-order valence-electron chi connectivity index (χ1n) is 10.4. The van der Waals surface area contributed by atoms with E-state index >= 15 is 0 Å². The third-order valence-corrected chi connectivity index (χ3v) is 6.88. The number of fused-ring (bicyclic) bond motifs is 1. The van der Waals surface area contributed by atoms with Crippen molar-refractivity contribution in [3.63, 3.8) is 0 Å². The number of amides is 1. The van der Waals surface area contributed by atoms with Crippen LogP contribution in [0.3, 0.4) is 0 Å². The third-order valence-electron chi connectivity index (χ3n) is 5.50. The molecule has 0 spiro atoms. The Morgan fingerprint density at radius 1 is 1.03 bits per heavy atom. The van der Waals surface area contributed by atoms with E-state index in [9.17, 15) is 13.2 Å². The van der Waals surface area contributed by atoms with Crippen molar-refractivity contribution in [3.05, 3.63) is 42.5 Å². The van der Waals surface area contributed by atoms with Crippen molar-refractivity contribution in [3.8, 4) is 23.8 Å². The highest BCUT2D eigenvalue weighted by Crippen LogP contribution is 2.32. The largest absolute Gasteiger partial charge is 0.486 e. The molecular formula is C23H25N3O5S. The average Bonchev–Trinajstić information content (AvgIpc) is 2.80. The minimum atomic E-state index is -3.80. The van der Waals surface area contributed by atoms with E-state index in [1.165, 1.54) is 12.1 Å². The van der Waals surface area contributed by atoms with E-state index in [1.54, 1.807) is 30.3 Å². The number of anilines is 2. The molecule has 8 nitrogen and oxygen atoms in total. The molecular weight excluding hydrogens is 430 g/mol. The Hall–Kier alpha value is -3.22. The van der Waals surface area contributed by atoms with E-state index in [0.717, 1.165) is 25.9 Å². The van der Waals surface area contributed by atoms with Crippen LogP contribution >= 0.6 is 0 Å². The fourth-order valence-corrected chi connectivity index (χ4v) is 4.83. The summed E-state index contributed by atoms with van der Waals surface area (Å²) in [7, 11) is -3.80. The Morgan fingerprint density at radius 3 is 2.38 bits per heavy atom. The monoisotopic (exact) mass is 455 g/mol. The number of nitrogens with zero attached hydrogens (tertiary/aromatic N) is 1. The van der Waals surface area contributed by atoms with Crippen LogP contribution in [0.2, 0.25) is 0 Å². The zero-order valence-corrected chi connectivity index (χ0v) is 18.4. The van der Waals surface area contributed by atoms with Gasteiger partial charge in [0.05, 0.1) is 11.4 Å². The van der Waals surface area contributed by atoms with Crippen molar-refractivity contribution in [1.82, 2.24) is 4.90 Å². The summed E-state index contributed by atoms with van der Waals surface area (Å²) in [5.74, 6) is 3.47. The van der Waals surface area contributed by atoms with Crippen LogP contribution in [0.5, 0.6) is 11.5 Å². The fourth-order valence-electron chi connectivity index (χ4n) is 3.75. The molecule has 2 aromatic rings. The molecule has 4 rings (SSSR count). The van der Waals surface area contributed by atoms with Gasteiger partial charge in [0.15, 0.2) is 11.5 Å². The second-order valence-corrected chi connectivity index (χ2v) is 9.41. The van der Waals surface area contributed by atoms with Gasteiger partial charge in [-0.2, -0.15) is 0 Å². The van der Waals surface area contributed by atoms with Gasteiger partial charge in [-0.1, -0.05) is 5.92 Å². The predicted molar refractivity (Wildman–Crippen MR) is 121 cm³/mol. The number of likely N-dealkylation sites (tertiary alicyclic amines) is 1. The number of nitrogens with one attached hydrogen (secondary N) is 2. The summed E-state index contributed by atoms with van der Waals surface area (Å²) < 4.78 is 38.9. The maximum atomic E-state index is 12.7. The standard InChI is InChI=1S/C23H25N3O5S/c1-2-11-26-12-9-17(10-13-26)23(27)24-18-3-5-19(6-4-18)25-32(28,29)20-7-8-21-22(16-20)31-15-14-30-21/h1,3-8,16-17,25H,9-15H2,(H,24,27). The van der Waals surface area contributed by atoms with Gasteiger partial charge in [0.25, 0.3) is 10.0 Å². The number of carbonyl (C=O) groups excluding carboxylic acids is 1. The van der Waals surface area contributed by atoms with Gasteiger partial charge >= 0.3 is 0 Å². The van der Waals surface area contributed by atoms with E-state index in [-0.39, 0.29) is 16.7 Å². The Kier molecular flexibility index (Phi) is 6.53. The smallest absolute Gasteiger partial charge is 0.262 e. The van der Waals surface area contributed by atoms with Gasteiger partial charge in [-0.15, -0.1) is 6.42 Å². The van der Waals surface area contributed by atoms with Crippen LogP contribution in [0.25, 0.3) is 0 Å². The lowest BCUT2D eigenvalue weighted by molar-refractivity contribution is -0.121. The van der Waals surface area contributed by atoms with Gasteiger partial charge in [0.1, 0.15) is 13.2 Å². The maximum absolute atomic E-state index is 12.7. The third kappa shape index (κ3) is 5.15. The topological polar surface area (TPSA) is 97.0 Å². The first-order chi connectivity index (χ1) is 15.4. The zero-order valence-electron chi connectivity index (χ0n) is 17.5. The molecule has 9 heteroatoms. The van der Waals surface area contributed by atoms with Crippen LogP contribution in [0.4, 0.5) is 11.4 Å². The van der Waals surface area contributed by atoms with Crippen LogP contribution in [-0.4, -0.2) is 52.1 Å². The van der Waals surface area contributed by atoms with E-state index in [0.29, 0.717) is 42.6 Å². The van der Waals surface area contributed by atoms with E-state index in [1.807, 2.05) is 0 Å². The van der Waals surface area contributed by atoms with Crippen LogP contribution in [0.15, 0.2) is 47.4 Å². The van der Waals surface area contributed by atoms with Crippen molar-refractivity contribution < 1.29 is 22.7 Å². The zero-order chi connectivity index (χ0) is 22.6. The Labute approximate surface area is 187 Å². The highest BCUT2D eigenvalue weighted by molar-refractivity contribution is 7.92. The van der Waals surface area contributed by atoms with Crippen LogP contribution in [0.1, 0.15) is 12.8 Å². The molecule has 32 heavy (non-hydrogen) atoms. The molecule has 1 amide bonds. The van der Waals surface area contributed by atoms with E-state index in [2.05, 4.69) is 20.9 Å². The van der Waals surface area contributed by atoms with Gasteiger partial charge in [0, 0.05) is 23.4 Å². The highest BCUT2D eigenvalue weighted by Gasteiger charge is 2.25. The first kappa shape index (κ1) is 22.0. The number of hydrogen-bond acceptors (Lipinski definition) is 6. The summed E-state index contributed by atoms with van der Waals surface area (Å²) in [6, 6.07) is 11.1. The maximum Gasteiger partial charge on any atom is 0.262 e. The molecule has 0 atom stereocenters. The quantitative estimate of drug-likeness (QED) is 0.650. The molecule has 1 fully saturated rings. The number of carbonyl (C=O) groups is 1. The predicted octanol–water partition coefficient (Wildman–Crippen LogP) is 2.54. The summed E-state index contributed by atoms with van der Waals surface area (Å²) in [5, 5.41) is 2.91. The minimum Gasteiger partial charge on any atom is -0.486 e. The number of hydrogen-bond donors (Lipinski definition) is 2. The second kappa shape index (κ2) is 9.51. The van der Waals surface area contributed by atoms with Crippen molar-refractivity contribution >= 4 is 27.3 Å². The molecule has 0 radical (unpaired) electrons. The van der Waals surface area contributed by atoms with E-state index < -0.39 is 10.0 Å². The highest BCUT2D eigenvalue weighted by atomic mass is 32.2. The summed E-state index contributed by atoms with van der Waals surface area (Å²) >= 11 is 0. The van der Waals surface area contributed by atoms with E-state index in [4.69, 9.17) is 15.9 Å². The van der Waals surface area contributed by atoms with Gasteiger partial charge in [-0.25, -0.2) is 8.42 Å². The number of piperidine rings is 1. The number of rotatable bonds is 6. The Balaban J connectivity index is 1.35. The van der Waals surface area contributed by atoms with Gasteiger partial charge in [-0.3, -0.25) is 14.4 Å². The molecule has 2 aliphatic rings. The van der Waals surface area contributed by atoms with Crippen molar-refractivity contribution in [2.45, 2.75) is 17.7 Å². The summed E-state index contributed by atoms with van der Waals surface area (Å²) in [5.41, 5.74) is 1.00. The molecule has 0 unspecified atom stereocenters. The second-order valence-electron chi connectivity index (χ2n) is 7.73. The summed E-state index contributed by atoms with van der Waals surface area (Å²) in [6.45, 7) is 3.04. The van der Waals surface area contributed by atoms with Crippen LogP contribution in [0, 0.1) is 18.3 Å². The number of terminal acetylenes is 1. The molecule has 2 heterocycles. The van der Waals surface area contributed by atoms with Crippen molar-refractivity contribution in [1.29, 1.82) is 0 Å². The van der Waals surface area contributed by atoms with Crippen molar-refractivity contribution in [2.75, 3.05) is 42.9 Å². The fraction of sp³-hybridized carbons (Fsp3) is 0.348. The Bertz CT molecular complexity index is 1120. The molecule has 2 N–H and O–H groups in total. The van der Waals surface area contributed by atoms with Gasteiger partial charge < -0.3 is 14.8 Å².